The summed E-state index contributed by atoms with van der Waals surface area (Å²) in [5.74, 6) is -0.851. The van der Waals surface area contributed by atoms with Crippen molar-refractivity contribution < 1.29 is 28.6 Å². The number of allylic oxidation sites excluding steroid dienone is 8. The molecule has 0 bridgehead atoms. The highest BCUT2D eigenvalue weighted by Gasteiger charge is 2.19. The number of rotatable bonds is 61. The molecule has 6 heteroatoms. The first-order valence-electron chi connectivity index (χ1n) is 33.1. The number of carbonyl (C=O) groups excluding carboxylic acids is 3. The molecule has 0 aromatic rings. The second-order valence-electron chi connectivity index (χ2n) is 22.4. The van der Waals surface area contributed by atoms with Gasteiger partial charge in [0.15, 0.2) is 6.10 Å². The minimum atomic E-state index is -0.774. The summed E-state index contributed by atoms with van der Waals surface area (Å²) in [7, 11) is 0. The van der Waals surface area contributed by atoms with Gasteiger partial charge in [0.1, 0.15) is 13.2 Å². The van der Waals surface area contributed by atoms with Crippen LogP contribution >= 0.6 is 0 Å². The molecule has 75 heavy (non-hydrogen) atoms. The summed E-state index contributed by atoms with van der Waals surface area (Å²) in [6, 6.07) is 0. The van der Waals surface area contributed by atoms with Gasteiger partial charge in [0, 0.05) is 19.3 Å². The summed E-state index contributed by atoms with van der Waals surface area (Å²) in [5, 5.41) is 0. The van der Waals surface area contributed by atoms with Crippen LogP contribution in [0.15, 0.2) is 48.6 Å². The standard InChI is InChI=1S/C69H126O6/c1-4-7-10-13-16-19-22-25-28-31-34-35-36-39-41-44-47-50-53-56-59-62-68(71)74-65-66(75-69(72)63-60-57-54-51-48-45-42-38-33-30-27-24-21-18-15-12-9-6-3)64-73-67(70)61-58-55-52-49-46-43-40-37-32-29-26-23-20-17-14-11-8-5-2/h7,10,16,19,25,28,34-35,66H,4-6,8-9,11-15,17-18,20-24,26-27,29-33,36-65H2,1-3H3/b10-7-,19-16-,28-25-,35-34-. The van der Waals surface area contributed by atoms with Crippen molar-refractivity contribution in [3.63, 3.8) is 0 Å². The van der Waals surface area contributed by atoms with Gasteiger partial charge in [-0.25, -0.2) is 0 Å². The SMILES string of the molecule is CC/C=C\C/C=C\C/C=C\C/C=C\CCCCCCCCCCC(=O)OCC(COC(=O)CCCCCCCCCCCCCCCCCCCC)OC(=O)CCCCCCCCCCCCCCCCCCCC. The second-order valence-corrected chi connectivity index (χ2v) is 22.4. The number of hydrogen-bond acceptors (Lipinski definition) is 6. The predicted molar refractivity (Wildman–Crippen MR) is 325 cm³/mol. The number of ether oxygens (including phenoxy) is 3. The second kappa shape index (κ2) is 63.9. The van der Waals surface area contributed by atoms with E-state index in [0.29, 0.717) is 19.3 Å². The fourth-order valence-electron chi connectivity index (χ4n) is 9.91. The van der Waals surface area contributed by atoms with Crippen molar-refractivity contribution in [2.45, 2.75) is 361 Å². The van der Waals surface area contributed by atoms with E-state index in [1.54, 1.807) is 0 Å². The van der Waals surface area contributed by atoms with Crippen LogP contribution in [-0.2, 0) is 28.6 Å². The quantitative estimate of drug-likeness (QED) is 0.0261. The molecule has 438 valence electrons. The van der Waals surface area contributed by atoms with Crippen molar-refractivity contribution in [2.24, 2.45) is 0 Å². The average molecular weight is 1050 g/mol. The molecule has 0 amide bonds. The van der Waals surface area contributed by atoms with Gasteiger partial charge in [-0.1, -0.05) is 326 Å². The van der Waals surface area contributed by atoms with Gasteiger partial charge < -0.3 is 14.2 Å². The van der Waals surface area contributed by atoms with E-state index >= 15 is 0 Å². The highest BCUT2D eigenvalue weighted by molar-refractivity contribution is 5.71. The molecule has 0 aromatic carbocycles. The van der Waals surface area contributed by atoms with Crippen molar-refractivity contribution in [3.05, 3.63) is 48.6 Å². The molecular formula is C69H126O6. The third-order valence-electron chi connectivity index (χ3n) is 14.8. The Balaban J connectivity index is 4.33. The fraction of sp³-hybridized carbons (Fsp3) is 0.841. The molecule has 0 aliphatic carbocycles. The molecule has 0 heterocycles. The third-order valence-corrected chi connectivity index (χ3v) is 14.8. The maximum Gasteiger partial charge on any atom is 0.306 e. The van der Waals surface area contributed by atoms with Crippen molar-refractivity contribution in [1.29, 1.82) is 0 Å². The van der Waals surface area contributed by atoms with Crippen molar-refractivity contribution in [2.75, 3.05) is 13.2 Å². The summed E-state index contributed by atoms with van der Waals surface area (Å²) >= 11 is 0. The zero-order valence-electron chi connectivity index (χ0n) is 50.3. The Morgan fingerprint density at radius 3 is 0.813 bits per heavy atom. The van der Waals surface area contributed by atoms with E-state index in [9.17, 15) is 14.4 Å². The minimum Gasteiger partial charge on any atom is -0.462 e. The van der Waals surface area contributed by atoms with Crippen LogP contribution in [0.1, 0.15) is 355 Å². The van der Waals surface area contributed by atoms with Gasteiger partial charge in [-0.15, -0.1) is 0 Å². The number of hydrogen-bond donors (Lipinski definition) is 0. The fourth-order valence-corrected chi connectivity index (χ4v) is 9.91. The summed E-state index contributed by atoms with van der Waals surface area (Å²) in [5.41, 5.74) is 0. The van der Waals surface area contributed by atoms with E-state index in [4.69, 9.17) is 14.2 Å². The lowest BCUT2D eigenvalue weighted by Gasteiger charge is -2.18. The molecule has 0 fully saturated rings. The first-order valence-corrected chi connectivity index (χ1v) is 33.1. The van der Waals surface area contributed by atoms with Crippen LogP contribution in [-0.4, -0.2) is 37.2 Å². The number of carbonyl (C=O) groups is 3. The van der Waals surface area contributed by atoms with Crippen LogP contribution in [0.5, 0.6) is 0 Å². The normalized spacial score (nSPS) is 12.3. The minimum absolute atomic E-state index is 0.0700. The maximum atomic E-state index is 12.9. The van der Waals surface area contributed by atoms with Crippen LogP contribution in [0, 0.1) is 0 Å². The monoisotopic (exact) mass is 1050 g/mol. The summed E-state index contributed by atoms with van der Waals surface area (Å²) in [6.45, 7) is 6.59. The first kappa shape index (κ1) is 72.4. The van der Waals surface area contributed by atoms with E-state index in [1.165, 1.54) is 225 Å². The molecule has 0 N–H and O–H groups in total. The van der Waals surface area contributed by atoms with Gasteiger partial charge in [0.2, 0.25) is 0 Å². The summed E-state index contributed by atoms with van der Waals surface area (Å²) in [6.07, 6.45) is 79.7. The van der Waals surface area contributed by atoms with Crippen LogP contribution < -0.4 is 0 Å². The van der Waals surface area contributed by atoms with E-state index in [-0.39, 0.29) is 31.1 Å². The molecule has 1 unspecified atom stereocenters. The summed E-state index contributed by atoms with van der Waals surface area (Å²) in [4.78, 5) is 38.4. The van der Waals surface area contributed by atoms with Gasteiger partial charge >= 0.3 is 17.9 Å². The topological polar surface area (TPSA) is 78.9 Å². The third kappa shape index (κ3) is 62.1. The van der Waals surface area contributed by atoms with E-state index < -0.39 is 6.10 Å². The Morgan fingerprint density at radius 1 is 0.280 bits per heavy atom. The van der Waals surface area contributed by atoms with Crippen LogP contribution in [0.4, 0.5) is 0 Å². The molecule has 1 atom stereocenters. The van der Waals surface area contributed by atoms with Crippen molar-refractivity contribution >= 4 is 17.9 Å². The maximum absolute atomic E-state index is 12.9. The van der Waals surface area contributed by atoms with Gasteiger partial charge in [-0.2, -0.15) is 0 Å². The highest BCUT2D eigenvalue weighted by Crippen LogP contribution is 2.18. The number of unbranched alkanes of at least 4 members (excludes halogenated alkanes) is 42. The Bertz CT molecular complexity index is 1300. The van der Waals surface area contributed by atoms with Gasteiger partial charge in [0.25, 0.3) is 0 Å². The molecule has 0 radical (unpaired) electrons. The molecule has 0 aliphatic rings. The zero-order valence-corrected chi connectivity index (χ0v) is 50.3. The van der Waals surface area contributed by atoms with E-state index in [0.717, 1.165) is 89.9 Å². The van der Waals surface area contributed by atoms with Gasteiger partial charge in [0.05, 0.1) is 0 Å². The molecule has 0 aliphatic heterocycles. The van der Waals surface area contributed by atoms with Gasteiger partial charge in [-0.3, -0.25) is 14.4 Å². The lowest BCUT2D eigenvalue weighted by Crippen LogP contribution is -2.30. The Morgan fingerprint density at radius 2 is 0.520 bits per heavy atom. The average Bonchev–Trinajstić information content (AvgIpc) is 3.41. The molecule has 6 nitrogen and oxygen atoms in total. The first-order chi connectivity index (χ1) is 37.0. The number of esters is 3. The van der Waals surface area contributed by atoms with Crippen LogP contribution in [0.2, 0.25) is 0 Å². The predicted octanol–water partition coefficient (Wildman–Crippen LogP) is 22.6. The van der Waals surface area contributed by atoms with Crippen molar-refractivity contribution in [1.82, 2.24) is 0 Å². The lowest BCUT2D eigenvalue weighted by molar-refractivity contribution is -0.167. The smallest absolute Gasteiger partial charge is 0.306 e. The zero-order chi connectivity index (χ0) is 54.3. The molecule has 0 spiro atoms. The molecular weight excluding hydrogens is 925 g/mol. The Hall–Kier alpha value is -2.63. The van der Waals surface area contributed by atoms with Gasteiger partial charge in [-0.05, 0) is 57.8 Å². The lowest BCUT2D eigenvalue weighted by atomic mass is 10.0. The van der Waals surface area contributed by atoms with E-state index in [2.05, 4.69) is 69.4 Å². The Labute approximate surface area is 467 Å². The Kier molecular flexibility index (Phi) is 61.7. The molecule has 0 saturated carbocycles. The van der Waals surface area contributed by atoms with E-state index in [1.807, 2.05) is 0 Å². The molecule has 0 aromatic heterocycles. The largest absolute Gasteiger partial charge is 0.462 e. The van der Waals surface area contributed by atoms with Crippen LogP contribution in [0.25, 0.3) is 0 Å². The molecule has 0 rings (SSSR count). The van der Waals surface area contributed by atoms with Crippen LogP contribution in [0.3, 0.4) is 0 Å². The molecule has 0 saturated heterocycles. The summed E-state index contributed by atoms with van der Waals surface area (Å²) < 4.78 is 17.0. The van der Waals surface area contributed by atoms with Crippen molar-refractivity contribution in [3.8, 4) is 0 Å². The highest BCUT2D eigenvalue weighted by atomic mass is 16.6.